The van der Waals surface area contributed by atoms with Crippen LogP contribution in [-0.4, -0.2) is 49.7 Å². The molecule has 0 heterocycles. The summed E-state index contributed by atoms with van der Waals surface area (Å²) in [6.45, 7) is 0.933. The van der Waals surface area contributed by atoms with Crippen molar-refractivity contribution < 1.29 is 14.7 Å². The maximum atomic E-state index is 9.35. The van der Waals surface area contributed by atoms with Crippen molar-refractivity contribution in [1.29, 1.82) is 0 Å². The van der Waals surface area contributed by atoms with Crippen molar-refractivity contribution in [2.45, 2.75) is 31.7 Å². The second-order valence-corrected chi connectivity index (χ2v) is 6.66. The predicted octanol–water partition coefficient (Wildman–Crippen LogP) is 2.81. The number of likely N-dealkylation sites (N-methyl/N-ethyl adjacent to an activating group) is 1. The summed E-state index contributed by atoms with van der Waals surface area (Å²) in [6, 6.07) is 6.37. The van der Waals surface area contributed by atoms with Gasteiger partial charge in [-0.05, 0) is 56.3 Å². The molecule has 2 bridgehead atoms. The van der Waals surface area contributed by atoms with E-state index in [2.05, 4.69) is 23.2 Å². The molecule has 2 aliphatic carbocycles. The molecule has 0 saturated heterocycles. The minimum atomic E-state index is 0.305. The Bertz CT molecular complexity index is 588. The largest absolute Gasteiger partial charge is 0.493 e. The zero-order valence-electron chi connectivity index (χ0n) is 14.2. The molecule has 1 aromatic rings. The molecule has 0 amide bonds. The van der Waals surface area contributed by atoms with Crippen LogP contribution in [0.1, 0.15) is 24.8 Å². The van der Waals surface area contributed by atoms with E-state index in [-0.39, 0.29) is 0 Å². The average molecular weight is 318 g/mol. The number of fused-ring (bicyclic) bond motifs is 2. The predicted molar refractivity (Wildman–Crippen MR) is 89.7 cm³/mol. The van der Waals surface area contributed by atoms with E-state index in [1.54, 1.807) is 14.2 Å². The first-order chi connectivity index (χ1) is 11.2. The van der Waals surface area contributed by atoms with Gasteiger partial charge in [0.2, 0.25) is 0 Å². The van der Waals surface area contributed by atoms with E-state index >= 15 is 0 Å². The topological polar surface area (TPSA) is 54.3 Å². The van der Waals surface area contributed by atoms with Crippen LogP contribution in [0.4, 0.5) is 0 Å². The van der Waals surface area contributed by atoms with Gasteiger partial charge in [-0.25, -0.2) is 0 Å². The Labute approximate surface area is 137 Å². The number of hydrogen-bond acceptors (Lipinski definition) is 5. The summed E-state index contributed by atoms with van der Waals surface area (Å²) in [5.41, 5.74) is 2.22. The fourth-order valence-corrected chi connectivity index (χ4v) is 4.26. The first-order valence-corrected chi connectivity index (χ1v) is 8.31. The summed E-state index contributed by atoms with van der Waals surface area (Å²) in [4.78, 5) is 2.34. The van der Waals surface area contributed by atoms with E-state index in [1.165, 1.54) is 24.8 Å². The van der Waals surface area contributed by atoms with Crippen molar-refractivity contribution in [1.82, 2.24) is 4.90 Å². The summed E-state index contributed by atoms with van der Waals surface area (Å²) in [5, 5.41) is 13.0. The number of hydrogen-bond donors (Lipinski definition) is 1. The fourth-order valence-electron chi connectivity index (χ4n) is 4.26. The highest BCUT2D eigenvalue weighted by molar-refractivity contribution is 5.94. The van der Waals surface area contributed by atoms with Crippen LogP contribution < -0.4 is 9.47 Å². The molecular weight excluding hydrogens is 292 g/mol. The van der Waals surface area contributed by atoms with Crippen LogP contribution in [0.3, 0.4) is 0 Å². The van der Waals surface area contributed by atoms with Crippen LogP contribution in [0.25, 0.3) is 0 Å². The Hall–Kier alpha value is -1.75. The van der Waals surface area contributed by atoms with Crippen molar-refractivity contribution >= 4 is 5.71 Å². The van der Waals surface area contributed by atoms with Gasteiger partial charge in [-0.2, -0.15) is 0 Å². The van der Waals surface area contributed by atoms with E-state index < -0.39 is 0 Å². The van der Waals surface area contributed by atoms with Gasteiger partial charge in [0.05, 0.1) is 26.0 Å². The third-order valence-corrected chi connectivity index (χ3v) is 5.43. The highest BCUT2D eigenvalue weighted by Crippen LogP contribution is 2.44. The van der Waals surface area contributed by atoms with E-state index in [0.29, 0.717) is 17.9 Å². The molecule has 1 aromatic carbocycles. The number of oxime groups is 1. The van der Waals surface area contributed by atoms with Gasteiger partial charge >= 0.3 is 0 Å². The maximum Gasteiger partial charge on any atom is 0.160 e. The van der Waals surface area contributed by atoms with Crippen LogP contribution in [-0.2, 0) is 6.42 Å². The Kier molecular flexibility index (Phi) is 4.76. The summed E-state index contributed by atoms with van der Waals surface area (Å²) in [7, 11) is 5.44. The molecule has 5 heteroatoms. The Balaban J connectivity index is 1.64. The Morgan fingerprint density at radius 2 is 2.00 bits per heavy atom. The third-order valence-electron chi connectivity index (χ3n) is 5.43. The molecule has 0 aromatic heterocycles. The second kappa shape index (κ2) is 6.79. The van der Waals surface area contributed by atoms with Gasteiger partial charge in [0.1, 0.15) is 0 Å². The number of rotatable bonds is 6. The first-order valence-electron chi connectivity index (χ1n) is 8.31. The summed E-state index contributed by atoms with van der Waals surface area (Å²) < 4.78 is 10.6. The molecule has 5 nitrogen and oxygen atoms in total. The summed E-state index contributed by atoms with van der Waals surface area (Å²) >= 11 is 0. The van der Waals surface area contributed by atoms with E-state index in [0.717, 1.165) is 30.2 Å². The molecule has 3 rings (SSSR count). The van der Waals surface area contributed by atoms with Gasteiger partial charge in [-0.3, -0.25) is 4.90 Å². The van der Waals surface area contributed by atoms with Gasteiger partial charge in [0.15, 0.2) is 11.5 Å². The van der Waals surface area contributed by atoms with E-state index in [9.17, 15) is 5.21 Å². The smallest absolute Gasteiger partial charge is 0.160 e. The molecule has 2 aliphatic rings. The molecule has 2 fully saturated rings. The molecule has 0 spiro atoms. The quantitative estimate of drug-likeness (QED) is 0.647. The average Bonchev–Trinajstić information content (AvgIpc) is 3.20. The van der Waals surface area contributed by atoms with Crippen LogP contribution in [0.5, 0.6) is 11.5 Å². The number of methoxy groups -OCH3 is 2. The van der Waals surface area contributed by atoms with E-state index in [1.807, 2.05) is 12.1 Å². The lowest BCUT2D eigenvalue weighted by Crippen LogP contribution is -2.43. The molecular formula is C18H26N2O3. The molecule has 1 N–H and O–H groups in total. The summed E-state index contributed by atoms with van der Waals surface area (Å²) in [5.74, 6) is 2.68. The van der Waals surface area contributed by atoms with Crippen molar-refractivity contribution in [3.8, 4) is 11.5 Å². The van der Waals surface area contributed by atoms with Crippen LogP contribution in [0.2, 0.25) is 0 Å². The monoisotopic (exact) mass is 318 g/mol. The Morgan fingerprint density at radius 1 is 1.22 bits per heavy atom. The van der Waals surface area contributed by atoms with Crippen LogP contribution in [0.15, 0.2) is 23.4 Å². The van der Waals surface area contributed by atoms with Gasteiger partial charge < -0.3 is 14.7 Å². The standard InChI is InChI=1S/C18H26N2O3/c1-20(18-14-6-5-13(11-14)17(18)19-21)9-8-12-4-7-15(22-2)16(10-12)23-3/h4,7,10,13-14,18,21H,5-6,8-9,11H2,1-3H3/b19-17-. The molecule has 3 unspecified atom stereocenters. The van der Waals surface area contributed by atoms with Gasteiger partial charge in [-0.15, -0.1) is 0 Å². The first kappa shape index (κ1) is 16.1. The van der Waals surface area contributed by atoms with Crippen LogP contribution in [0, 0.1) is 11.8 Å². The zero-order valence-corrected chi connectivity index (χ0v) is 14.2. The fraction of sp³-hybridized carbons (Fsp3) is 0.611. The van der Waals surface area contributed by atoms with Crippen molar-refractivity contribution in [2.24, 2.45) is 17.0 Å². The van der Waals surface area contributed by atoms with Gasteiger partial charge in [0, 0.05) is 12.5 Å². The molecule has 23 heavy (non-hydrogen) atoms. The number of ether oxygens (including phenoxy) is 2. The second-order valence-electron chi connectivity index (χ2n) is 6.66. The lowest BCUT2D eigenvalue weighted by Gasteiger charge is -2.31. The molecule has 3 atom stereocenters. The number of nitrogens with zero attached hydrogens (tertiary/aromatic N) is 2. The third kappa shape index (κ3) is 3.02. The lowest BCUT2D eigenvalue weighted by molar-refractivity contribution is 0.231. The van der Waals surface area contributed by atoms with E-state index in [4.69, 9.17) is 9.47 Å². The maximum absolute atomic E-state index is 9.35. The minimum absolute atomic E-state index is 0.305. The highest BCUT2D eigenvalue weighted by atomic mass is 16.5. The van der Waals surface area contributed by atoms with Gasteiger partial charge in [-0.1, -0.05) is 11.2 Å². The van der Waals surface area contributed by atoms with Crippen molar-refractivity contribution in [3.63, 3.8) is 0 Å². The molecule has 126 valence electrons. The lowest BCUT2D eigenvalue weighted by atomic mass is 9.92. The highest BCUT2D eigenvalue weighted by Gasteiger charge is 2.47. The SMILES string of the molecule is COc1ccc(CCN(C)C2/C(=N\O)C3CCC2C3)cc1OC. The van der Waals surface area contributed by atoms with Crippen molar-refractivity contribution in [3.05, 3.63) is 23.8 Å². The molecule has 0 radical (unpaired) electrons. The molecule has 2 saturated carbocycles. The van der Waals surface area contributed by atoms with Gasteiger partial charge in [0.25, 0.3) is 0 Å². The Morgan fingerprint density at radius 3 is 2.70 bits per heavy atom. The molecule has 0 aliphatic heterocycles. The van der Waals surface area contributed by atoms with Crippen molar-refractivity contribution in [2.75, 3.05) is 27.8 Å². The van der Waals surface area contributed by atoms with Crippen LogP contribution >= 0.6 is 0 Å². The minimum Gasteiger partial charge on any atom is -0.493 e. The summed E-state index contributed by atoms with van der Waals surface area (Å²) in [6.07, 6.45) is 4.56. The normalized spacial score (nSPS) is 27.8. The zero-order chi connectivity index (χ0) is 16.4. The number of benzene rings is 1.